The van der Waals surface area contributed by atoms with Gasteiger partial charge in [-0.2, -0.15) is 4.98 Å². The van der Waals surface area contributed by atoms with Gasteiger partial charge in [0.05, 0.1) is 0 Å². The van der Waals surface area contributed by atoms with E-state index in [0.29, 0.717) is 28.2 Å². The normalized spacial score (nSPS) is 10.4. The molecule has 0 atom stereocenters. The van der Waals surface area contributed by atoms with Gasteiger partial charge in [0.25, 0.3) is 11.8 Å². The molecular weight excluding hydrogens is 346 g/mol. The zero-order valence-electron chi connectivity index (χ0n) is 13.0. The van der Waals surface area contributed by atoms with Crippen LogP contribution in [0.3, 0.4) is 0 Å². The zero-order valence-corrected chi connectivity index (χ0v) is 13.8. The number of ether oxygens (including phenoxy) is 2. The SMILES string of the molecule is NC(=O)COc1ccc(-c2noc(COc3ccc(Cl)cc3)n2)cc1. The van der Waals surface area contributed by atoms with Crippen molar-refractivity contribution in [2.24, 2.45) is 5.73 Å². The van der Waals surface area contributed by atoms with Crippen LogP contribution in [0.5, 0.6) is 11.5 Å². The van der Waals surface area contributed by atoms with Crippen molar-refractivity contribution in [3.05, 3.63) is 59.4 Å². The lowest BCUT2D eigenvalue weighted by molar-refractivity contribution is -0.119. The molecule has 7 nitrogen and oxygen atoms in total. The van der Waals surface area contributed by atoms with Crippen molar-refractivity contribution < 1.29 is 18.8 Å². The number of amides is 1. The number of nitrogens with two attached hydrogens (primary N) is 1. The second-order valence-corrected chi connectivity index (χ2v) is 5.47. The number of rotatable bonds is 7. The Kier molecular flexibility index (Phi) is 5.15. The maximum atomic E-state index is 10.7. The van der Waals surface area contributed by atoms with Crippen LogP contribution in [0.25, 0.3) is 11.4 Å². The number of halogens is 1. The molecule has 8 heteroatoms. The summed E-state index contributed by atoms with van der Waals surface area (Å²) in [4.78, 5) is 15.0. The van der Waals surface area contributed by atoms with Gasteiger partial charge in [-0.05, 0) is 48.5 Å². The average molecular weight is 360 g/mol. The van der Waals surface area contributed by atoms with Gasteiger partial charge in [0.1, 0.15) is 11.5 Å². The van der Waals surface area contributed by atoms with Crippen LogP contribution in [0, 0.1) is 0 Å². The Morgan fingerprint density at radius 1 is 1.04 bits per heavy atom. The van der Waals surface area contributed by atoms with E-state index < -0.39 is 5.91 Å². The summed E-state index contributed by atoms with van der Waals surface area (Å²) >= 11 is 5.82. The molecule has 1 heterocycles. The summed E-state index contributed by atoms with van der Waals surface area (Å²) in [7, 11) is 0. The number of nitrogens with zero attached hydrogens (tertiary/aromatic N) is 2. The third-order valence-corrected chi connectivity index (χ3v) is 3.39. The van der Waals surface area contributed by atoms with E-state index in [2.05, 4.69) is 10.1 Å². The minimum absolute atomic E-state index is 0.147. The highest BCUT2D eigenvalue weighted by Crippen LogP contribution is 2.21. The predicted molar refractivity (Wildman–Crippen MR) is 90.2 cm³/mol. The molecule has 0 aliphatic rings. The first kappa shape index (κ1) is 16.8. The summed E-state index contributed by atoms with van der Waals surface area (Å²) in [5.74, 6) is 1.42. The quantitative estimate of drug-likeness (QED) is 0.696. The molecule has 0 fully saturated rings. The monoisotopic (exact) mass is 359 g/mol. The van der Waals surface area contributed by atoms with Crippen LogP contribution in [0.4, 0.5) is 0 Å². The number of primary amides is 1. The molecule has 2 aromatic carbocycles. The van der Waals surface area contributed by atoms with E-state index in [1.807, 2.05) is 0 Å². The van der Waals surface area contributed by atoms with Crippen molar-refractivity contribution >= 4 is 17.5 Å². The van der Waals surface area contributed by atoms with Crippen LogP contribution >= 0.6 is 11.6 Å². The van der Waals surface area contributed by atoms with Crippen molar-refractivity contribution in [2.45, 2.75) is 6.61 Å². The summed E-state index contributed by atoms with van der Waals surface area (Å²) in [5, 5.41) is 4.55. The lowest BCUT2D eigenvalue weighted by Crippen LogP contribution is -2.19. The Bertz CT molecular complexity index is 847. The molecule has 2 N–H and O–H groups in total. The van der Waals surface area contributed by atoms with E-state index in [-0.39, 0.29) is 13.2 Å². The second kappa shape index (κ2) is 7.67. The van der Waals surface area contributed by atoms with Crippen LogP contribution < -0.4 is 15.2 Å². The first-order chi connectivity index (χ1) is 12.1. The van der Waals surface area contributed by atoms with Crippen molar-refractivity contribution in [3.63, 3.8) is 0 Å². The lowest BCUT2D eigenvalue weighted by Gasteiger charge is -2.03. The van der Waals surface area contributed by atoms with Gasteiger partial charge in [-0.1, -0.05) is 16.8 Å². The average Bonchev–Trinajstić information content (AvgIpc) is 3.09. The summed E-state index contributed by atoms with van der Waals surface area (Å²) in [6.07, 6.45) is 0. The lowest BCUT2D eigenvalue weighted by atomic mass is 10.2. The summed E-state index contributed by atoms with van der Waals surface area (Å²) in [5.41, 5.74) is 5.77. The molecule has 0 saturated heterocycles. The van der Waals surface area contributed by atoms with Gasteiger partial charge in [-0.15, -0.1) is 0 Å². The predicted octanol–water partition coefficient (Wildman–Crippen LogP) is 2.83. The van der Waals surface area contributed by atoms with Crippen LogP contribution in [-0.2, 0) is 11.4 Å². The highest BCUT2D eigenvalue weighted by Gasteiger charge is 2.10. The second-order valence-electron chi connectivity index (χ2n) is 5.03. The summed E-state index contributed by atoms with van der Waals surface area (Å²) in [6.45, 7) is -0.0256. The Balaban J connectivity index is 1.60. The Labute approximate surface area is 148 Å². The Hall–Kier alpha value is -3.06. The first-order valence-electron chi connectivity index (χ1n) is 7.32. The van der Waals surface area contributed by atoms with Gasteiger partial charge >= 0.3 is 0 Å². The molecule has 25 heavy (non-hydrogen) atoms. The van der Waals surface area contributed by atoms with E-state index in [9.17, 15) is 4.79 Å². The smallest absolute Gasteiger partial charge is 0.264 e. The van der Waals surface area contributed by atoms with Gasteiger partial charge < -0.3 is 19.7 Å². The van der Waals surface area contributed by atoms with Crippen LogP contribution in [-0.4, -0.2) is 22.7 Å². The number of carbonyl (C=O) groups excluding carboxylic acids is 1. The molecule has 0 aliphatic heterocycles. The molecule has 3 rings (SSSR count). The highest BCUT2D eigenvalue weighted by atomic mass is 35.5. The van der Waals surface area contributed by atoms with E-state index >= 15 is 0 Å². The maximum Gasteiger partial charge on any atom is 0.264 e. The molecule has 3 aromatic rings. The first-order valence-corrected chi connectivity index (χ1v) is 7.70. The fourth-order valence-corrected chi connectivity index (χ4v) is 2.09. The van der Waals surface area contributed by atoms with Crippen molar-refractivity contribution in [1.29, 1.82) is 0 Å². The summed E-state index contributed by atoms with van der Waals surface area (Å²) < 4.78 is 15.9. The van der Waals surface area contributed by atoms with E-state index in [0.717, 1.165) is 5.56 Å². The molecule has 0 radical (unpaired) electrons. The molecule has 0 bridgehead atoms. The Morgan fingerprint density at radius 2 is 1.68 bits per heavy atom. The number of hydrogen-bond donors (Lipinski definition) is 1. The van der Waals surface area contributed by atoms with E-state index in [1.165, 1.54) is 0 Å². The number of hydrogen-bond acceptors (Lipinski definition) is 6. The molecular formula is C17H14ClN3O4. The minimum atomic E-state index is -0.535. The van der Waals surface area contributed by atoms with E-state index in [4.69, 9.17) is 31.3 Å². The van der Waals surface area contributed by atoms with Crippen LogP contribution in [0.15, 0.2) is 53.1 Å². The molecule has 1 amide bonds. The fraction of sp³-hybridized carbons (Fsp3) is 0.118. The van der Waals surface area contributed by atoms with Gasteiger partial charge in [-0.25, -0.2) is 0 Å². The largest absolute Gasteiger partial charge is 0.484 e. The maximum absolute atomic E-state index is 10.7. The third-order valence-electron chi connectivity index (χ3n) is 3.14. The molecule has 0 unspecified atom stereocenters. The van der Waals surface area contributed by atoms with Gasteiger partial charge in [0.15, 0.2) is 13.2 Å². The van der Waals surface area contributed by atoms with Crippen LogP contribution in [0.1, 0.15) is 5.89 Å². The van der Waals surface area contributed by atoms with Gasteiger partial charge in [0, 0.05) is 10.6 Å². The van der Waals surface area contributed by atoms with Gasteiger partial charge in [-0.3, -0.25) is 4.79 Å². The minimum Gasteiger partial charge on any atom is -0.484 e. The number of carbonyl (C=O) groups is 1. The highest BCUT2D eigenvalue weighted by molar-refractivity contribution is 6.30. The van der Waals surface area contributed by atoms with Crippen molar-refractivity contribution in [1.82, 2.24) is 10.1 Å². The zero-order chi connectivity index (χ0) is 17.6. The molecule has 0 saturated carbocycles. The number of aromatic nitrogens is 2. The van der Waals surface area contributed by atoms with Crippen LogP contribution in [0.2, 0.25) is 5.02 Å². The molecule has 0 aliphatic carbocycles. The third kappa shape index (κ3) is 4.71. The molecule has 128 valence electrons. The van der Waals surface area contributed by atoms with Crippen molar-refractivity contribution in [3.8, 4) is 22.9 Å². The van der Waals surface area contributed by atoms with Crippen molar-refractivity contribution in [2.75, 3.05) is 6.61 Å². The molecule has 0 spiro atoms. The standard InChI is InChI=1S/C17H14ClN3O4/c18-12-3-7-14(8-4-12)24-10-16-20-17(21-25-16)11-1-5-13(6-2-11)23-9-15(19)22/h1-8H,9-10H2,(H2,19,22). The fourth-order valence-electron chi connectivity index (χ4n) is 1.96. The number of benzene rings is 2. The topological polar surface area (TPSA) is 100 Å². The van der Waals surface area contributed by atoms with Gasteiger partial charge in [0.2, 0.25) is 5.82 Å². The van der Waals surface area contributed by atoms with E-state index in [1.54, 1.807) is 48.5 Å². The summed E-state index contributed by atoms with van der Waals surface area (Å²) in [6, 6.07) is 13.9. The Morgan fingerprint density at radius 3 is 2.36 bits per heavy atom. The molecule has 1 aromatic heterocycles.